The third-order valence-electron chi connectivity index (χ3n) is 7.07. The summed E-state index contributed by atoms with van der Waals surface area (Å²) in [6, 6.07) is 0.715. The van der Waals surface area contributed by atoms with Crippen molar-refractivity contribution in [1.29, 1.82) is 0 Å². The second-order valence-electron chi connectivity index (χ2n) is 9.41. The van der Waals surface area contributed by atoms with Crippen LogP contribution in [0.1, 0.15) is 51.9 Å². The molecule has 4 rings (SSSR count). The van der Waals surface area contributed by atoms with Crippen molar-refractivity contribution in [2.75, 3.05) is 32.8 Å². The lowest BCUT2D eigenvalue weighted by Crippen LogP contribution is -2.46. The van der Waals surface area contributed by atoms with E-state index in [1.165, 1.54) is 38.8 Å². The van der Waals surface area contributed by atoms with Gasteiger partial charge in [0.1, 0.15) is 12.4 Å². The molecular weight excluding hydrogens is 416 g/mol. The zero-order valence-corrected chi connectivity index (χ0v) is 20.1. The first-order valence-corrected chi connectivity index (χ1v) is 13.0. The van der Waals surface area contributed by atoms with Crippen LogP contribution in [0.25, 0.3) is 0 Å². The van der Waals surface area contributed by atoms with E-state index in [1.54, 1.807) is 11.9 Å². The maximum atomic E-state index is 13.1. The van der Waals surface area contributed by atoms with Crippen LogP contribution in [0.15, 0.2) is 46.6 Å². The molecule has 0 N–H and O–H groups in total. The molecule has 1 unspecified atom stereocenters. The Morgan fingerprint density at radius 1 is 1.16 bits per heavy atom. The molecule has 2 saturated heterocycles. The smallest absolute Gasteiger partial charge is 0.169 e. The lowest BCUT2D eigenvalue weighted by Gasteiger charge is -2.41. The van der Waals surface area contributed by atoms with Crippen molar-refractivity contribution in [2.24, 2.45) is 11.8 Å². The first kappa shape index (κ1) is 23.4. The summed E-state index contributed by atoms with van der Waals surface area (Å²) in [5, 5.41) is 0. The van der Waals surface area contributed by atoms with Gasteiger partial charge in [0.25, 0.3) is 0 Å². The predicted octanol–water partition coefficient (Wildman–Crippen LogP) is 5.11. The zero-order chi connectivity index (χ0) is 22.3. The molecule has 0 spiro atoms. The number of rotatable bonds is 7. The first-order valence-electron chi connectivity index (χ1n) is 12.2. The van der Waals surface area contributed by atoms with E-state index in [0.29, 0.717) is 12.5 Å². The maximum absolute atomic E-state index is 13.1. The Morgan fingerprint density at radius 2 is 1.94 bits per heavy atom. The van der Waals surface area contributed by atoms with Gasteiger partial charge in [0.15, 0.2) is 5.78 Å². The number of likely N-dealkylation sites (tertiary alicyclic amines) is 1. The van der Waals surface area contributed by atoms with Gasteiger partial charge in [0, 0.05) is 30.6 Å². The van der Waals surface area contributed by atoms with E-state index in [0.717, 1.165) is 48.1 Å². The van der Waals surface area contributed by atoms with Crippen molar-refractivity contribution >= 4 is 17.7 Å². The highest BCUT2D eigenvalue weighted by Gasteiger charge is 2.30. The van der Waals surface area contributed by atoms with Gasteiger partial charge in [0.2, 0.25) is 0 Å². The van der Waals surface area contributed by atoms with Crippen LogP contribution in [0.4, 0.5) is 0 Å². The third-order valence-corrected chi connectivity index (χ3v) is 8.22. The molecule has 0 aromatic rings. The van der Waals surface area contributed by atoms with Gasteiger partial charge >= 0.3 is 0 Å². The summed E-state index contributed by atoms with van der Waals surface area (Å²) < 4.78 is 8.29. The Kier molecular flexibility index (Phi) is 8.35. The van der Waals surface area contributed by atoms with E-state index in [9.17, 15) is 4.79 Å². The molecule has 32 heavy (non-hydrogen) atoms. The fourth-order valence-electron chi connectivity index (χ4n) is 5.02. The molecule has 0 aromatic carbocycles. The highest BCUT2D eigenvalue weighted by molar-refractivity contribution is 8.01. The molecule has 2 heterocycles. The molecule has 0 saturated carbocycles. The van der Waals surface area contributed by atoms with Gasteiger partial charge in [-0.05, 0) is 82.0 Å². The SMILES string of the molecule is C#CCOC1=CCC(C(=O)C2=CCCC=C2)C=C1SN1CCC(N2CCC(C)CC2)CC1. The molecule has 0 bridgehead atoms. The standard InChI is InChI=1S/C27H36N2O2S/c1-3-19-31-25-10-9-23(27(30)22-7-5-4-6-8-22)20-26(25)32-29-17-13-24(14-18-29)28-15-11-21(2)12-16-28/h1,5,7-8,10,20-21,23-24H,4,6,9,11-19H2,2H3. The Morgan fingerprint density at radius 3 is 2.62 bits per heavy atom. The fourth-order valence-corrected chi connectivity index (χ4v) is 6.15. The molecule has 0 amide bonds. The Hall–Kier alpha value is -1.74. The van der Waals surface area contributed by atoms with Gasteiger partial charge in [-0.15, -0.1) is 6.42 Å². The molecule has 4 nitrogen and oxygen atoms in total. The third kappa shape index (κ3) is 5.98. The van der Waals surface area contributed by atoms with E-state index >= 15 is 0 Å². The molecule has 5 heteroatoms. The minimum atomic E-state index is -0.127. The summed E-state index contributed by atoms with van der Waals surface area (Å²) in [6.07, 6.45) is 23.5. The number of ketones is 1. The van der Waals surface area contributed by atoms with Crippen molar-refractivity contribution in [1.82, 2.24) is 9.21 Å². The van der Waals surface area contributed by atoms with Gasteiger partial charge in [-0.25, -0.2) is 4.31 Å². The number of piperidine rings is 2. The average molecular weight is 453 g/mol. The Bertz CT molecular complexity index is 834. The molecule has 0 radical (unpaired) electrons. The largest absolute Gasteiger partial charge is 0.480 e. The van der Waals surface area contributed by atoms with Gasteiger partial charge in [-0.2, -0.15) is 0 Å². The van der Waals surface area contributed by atoms with E-state index in [1.807, 2.05) is 6.08 Å². The van der Waals surface area contributed by atoms with Gasteiger partial charge in [-0.1, -0.05) is 37.1 Å². The first-order chi connectivity index (χ1) is 15.6. The van der Waals surface area contributed by atoms with Crippen LogP contribution in [0.5, 0.6) is 0 Å². The van der Waals surface area contributed by atoms with Gasteiger partial charge in [-0.3, -0.25) is 4.79 Å². The number of carbonyl (C=O) groups is 1. The molecular formula is C27H36N2O2S. The number of terminal acetylenes is 1. The van der Waals surface area contributed by atoms with Gasteiger partial charge < -0.3 is 9.64 Å². The van der Waals surface area contributed by atoms with Crippen LogP contribution in [0.2, 0.25) is 0 Å². The highest BCUT2D eigenvalue weighted by atomic mass is 32.2. The summed E-state index contributed by atoms with van der Waals surface area (Å²) in [5.74, 6) is 4.36. The number of nitrogens with zero attached hydrogens (tertiary/aromatic N) is 2. The van der Waals surface area contributed by atoms with E-state index in [-0.39, 0.29) is 18.3 Å². The predicted molar refractivity (Wildman–Crippen MR) is 133 cm³/mol. The summed E-state index contributed by atoms with van der Waals surface area (Å²) in [5.41, 5.74) is 0.847. The number of carbonyl (C=O) groups excluding carboxylic acids is 1. The number of ether oxygens (including phenoxy) is 1. The summed E-state index contributed by atoms with van der Waals surface area (Å²) in [6.45, 7) is 7.27. The quantitative estimate of drug-likeness (QED) is 0.396. The van der Waals surface area contributed by atoms with E-state index < -0.39 is 0 Å². The monoisotopic (exact) mass is 452 g/mol. The second kappa shape index (κ2) is 11.4. The number of Topliss-reactive ketones (excluding diaryl/α,β-unsaturated/α-hetero) is 1. The molecule has 2 aliphatic heterocycles. The van der Waals surface area contributed by atoms with Crippen LogP contribution in [-0.2, 0) is 9.53 Å². The maximum Gasteiger partial charge on any atom is 0.169 e. The Labute approximate surface area is 197 Å². The summed E-state index contributed by atoms with van der Waals surface area (Å²) >= 11 is 1.74. The molecule has 2 fully saturated rings. The second-order valence-corrected chi connectivity index (χ2v) is 10.5. The van der Waals surface area contributed by atoms with Crippen LogP contribution in [0, 0.1) is 24.2 Å². The summed E-state index contributed by atoms with van der Waals surface area (Å²) in [4.78, 5) is 16.8. The van der Waals surface area contributed by atoms with Crippen molar-refractivity contribution < 1.29 is 9.53 Å². The van der Waals surface area contributed by atoms with Crippen molar-refractivity contribution in [2.45, 2.75) is 57.9 Å². The van der Waals surface area contributed by atoms with Crippen molar-refractivity contribution in [3.05, 3.63) is 46.6 Å². The minimum Gasteiger partial charge on any atom is -0.480 e. The molecule has 4 aliphatic rings. The van der Waals surface area contributed by atoms with Crippen LogP contribution in [0.3, 0.4) is 0 Å². The minimum absolute atomic E-state index is 0.127. The molecule has 0 aromatic heterocycles. The van der Waals surface area contributed by atoms with Gasteiger partial charge in [0.05, 0.1) is 4.91 Å². The topological polar surface area (TPSA) is 32.8 Å². The molecule has 1 atom stereocenters. The summed E-state index contributed by atoms with van der Waals surface area (Å²) in [7, 11) is 0. The number of hydrogen-bond acceptors (Lipinski definition) is 5. The zero-order valence-electron chi connectivity index (χ0n) is 19.3. The van der Waals surface area contributed by atoms with Crippen molar-refractivity contribution in [3.8, 4) is 12.3 Å². The van der Waals surface area contributed by atoms with E-state index in [2.05, 4.69) is 46.4 Å². The lowest BCUT2D eigenvalue weighted by atomic mass is 9.89. The average Bonchev–Trinajstić information content (AvgIpc) is 2.84. The van der Waals surface area contributed by atoms with Crippen LogP contribution in [-0.4, -0.2) is 53.8 Å². The van der Waals surface area contributed by atoms with Crippen LogP contribution < -0.4 is 0 Å². The fraction of sp³-hybridized carbons (Fsp3) is 0.593. The molecule has 172 valence electrons. The number of allylic oxidation sites excluding steroid dienone is 6. The van der Waals surface area contributed by atoms with E-state index in [4.69, 9.17) is 11.2 Å². The number of hydrogen-bond donors (Lipinski definition) is 0. The van der Waals surface area contributed by atoms with Crippen LogP contribution >= 0.6 is 11.9 Å². The lowest BCUT2D eigenvalue weighted by molar-refractivity contribution is -0.117. The highest BCUT2D eigenvalue weighted by Crippen LogP contribution is 2.37. The molecule has 2 aliphatic carbocycles. The Balaban J connectivity index is 1.37. The normalized spacial score (nSPS) is 26.1. The van der Waals surface area contributed by atoms with Crippen molar-refractivity contribution in [3.63, 3.8) is 0 Å².